The topological polar surface area (TPSA) is 105 Å². The number of hydrogen-bond donors (Lipinski definition) is 0. The minimum atomic E-state index is -0.338. The number of thiocarbonyl (C=S) groups is 1. The molecular formula is C31H36N4O5S2. The minimum absolute atomic E-state index is 0.0659. The summed E-state index contributed by atoms with van der Waals surface area (Å²) in [6.45, 7) is 7.78. The number of esters is 1. The zero-order valence-electron chi connectivity index (χ0n) is 24.5. The van der Waals surface area contributed by atoms with Gasteiger partial charge < -0.3 is 14.4 Å². The van der Waals surface area contributed by atoms with E-state index in [4.69, 9.17) is 21.7 Å². The lowest BCUT2D eigenvalue weighted by atomic mass is 9.95. The third-order valence-electron chi connectivity index (χ3n) is 7.64. The first-order valence-electron chi connectivity index (χ1n) is 14.2. The van der Waals surface area contributed by atoms with Crippen LogP contribution in [0.1, 0.15) is 61.8 Å². The van der Waals surface area contributed by atoms with E-state index < -0.39 is 0 Å². The molecule has 1 aromatic heterocycles. The van der Waals surface area contributed by atoms with Crippen LogP contribution < -0.4 is 15.2 Å². The van der Waals surface area contributed by atoms with Gasteiger partial charge in [-0.3, -0.25) is 23.9 Å². The Labute approximate surface area is 256 Å². The van der Waals surface area contributed by atoms with Crippen molar-refractivity contribution in [2.24, 2.45) is 5.92 Å². The zero-order chi connectivity index (χ0) is 30.4. The molecule has 11 heteroatoms. The SMILES string of the molecule is CCCCn1c(N2CCC(C(=O)OCC)CC2)c(/C=C2/SC(=S)N(Cc3ccc(OC)cc3)C2=O)c(C)c(C#N)c1=O. The van der Waals surface area contributed by atoms with Gasteiger partial charge in [0.25, 0.3) is 11.5 Å². The molecule has 0 atom stereocenters. The highest BCUT2D eigenvalue weighted by atomic mass is 32.2. The highest BCUT2D eigenvalue weighted by Crippen LogP contribution is 2.37. The standard InChI is InChI=1S/C31H36N4O5S2/c1-5-7-14-34-27(33-15-12-22(13-16-33)30(38)40-6-2)24(20(3)25(18-32)28(34)36)17-26-29(37)35(31(41)42-26)19-21-8-10-23(39-4)11-9-21/h8-11,17,22H,5-7,12-16,19H2,1-4H3/b26-17+. The van der Waals surface area contributed by atoms with Gasteiger partial charge in [-0.15, -0.1) is 0 Å². The molecule has 0 aliphatic carbocycles. The van der Waals surface area contributed by atoms with Crippen LogP contribution in [0.4, 0.5) is 5.82 Å². The number of carbonyl (C=O) groups excluding carboxylic acids is 2. The highest BCUT2D eigenvalue weighted by molar-refractivity contribution is 8.26. The van der Waals surface area contributed by atoms with Crippen LogP contribution in [0.3, 0.4) is 0 Å². The predicted molar refractivity (Wildman–Crippen MR) is 168 cm³/mol. The van der Waals surface area contributed by atoms with E-state index in [1.54, 1.807) is 36.5 Å². The fourth-order valence-corrected chi connectivity index (χ4v) is 6.51. The number of pyridine rings is 1. The Hall–Kier alpha value is -3.62. The lowest BCUT2D eigenvalue weighted by Crippen LogP contribution is -2.41. The van der Waals surface area contributed by atoms with Crippen molar-refractivity contribution in [3.05, 3.63) is 61.8 Å². The van der Waals surface area contributed by atoms with Gasteiger partial charge in [0.2, 0.25) is 0 Å². The van der Waals surface area contributed by atoms with Gasteiger partial charge >= 0.3 is 5.97 Å². The van der Waals surface area contributed by atoms with Crippen molar-refractivity contribution in [3.8, 4) is 11.8 Å². The minimum Gasteiger partial charge on any atom is -0.497 e. The predicted octanol–water partition coefficient (Wildman–Crippen LogP) is 5.02. The van der Waals surface area contributed by atoms with Crippen LogP contribution in [-0.4, -0.2) is 52.5 Å². The van der Waals surface area contributed by atoms with E-state index in [1.807, 2.05) is 31.2 Å². The Balaban J connectivity index is 1.74. The summed E-state index contributed by atoms with van der Waals surface area (Å²) in [6, 6.07) is 9.57. The van der Waals surface area contributed by atoms with Crippen LogP contribution in [-0.2, 0) is 27.4 Å². The van der Waals surface area contributed by atoms with Crippen LogP contribution >= 0.6 is 24.0 Å². The molecule has 2 fully saturated rings. The number of ether oxygens (including phenoxy) is 2. The van der Waals surface area contributed by atoms with Crippen molar-refractivity contribution in [3.63, 3.8) is 0 Å². The zero-order valence-corrected chi connectivity index (χ0v) is 26.1. The molecule has 0 bridgehead atoms. The Morgan fingerprint density at radius 2 is 1.88 bits per heavy atom. The Morgan fingerprint density at radius 3 is 2.48 bits per heavy atom. The van der Waals surface area contributed by atoms with Crippen LogP contribution in [0, 0.1) is 24.2 Å². The lowest BCUT2D eigenvalue weighted by Gasteiger charge is -2.35. The van der Waals surface area contributed by atoms with Crippen molar-refractivity contribution in [1.29, 1.82) is 5.26 Å². The first kappa shape index (κ1) is 31.3. The fraction of sp³-hybridized carbons (Fsp3) is 0.452. The maximum atomic E-state index is 13.6. The molecule has 2 aliphatic heterocycles. The van der Waals surface area contributed by atoms with Crippen molar-refractivity contribution in [1.82, 2.24) is 9.47 Å². The summed E-state index contributed by atoms with van der Waals surface area (Å²) in [7, 11) is 1.60. The summed E-state index contributed by atoms with van der Waals surface area (Å²) in [4.78, 5) is 43.7. The molecule has 3 heterocycles. The summed E-state index contributed by atoms with van der Waals surface area (Å²) in [5.41, 5.74) is 1.82. The van der Waals surface area contributed by atoms with E-state index in [0.717, 1.165) is 24.2 Å². The highest BCUT2D eigenvalue weighted by Gasteiger charge is 2.34. The van der Waals surface area contributed by atoms with Crippen molar-refractivity contribution >= 4 is 52.1 Å². The third kappa shape index (κ3) is 6.55. The second-order valence-electron chi connectivity index (χ2n) is 10.3. The number of methoxy groups -OCH3 is 1. The number of hydrogen-bond acceptors (Lipinski definition) is 9. The maximum Gasteiger partial charge on any atom is 0.309 e. The van der Waals surface area contributed by atoms with Gasteiger partial charge in [-0.25, -0.2) is 0 Å². The first-order chi connectivity index (χ1) is 20.2. The van der Waals surface area contributed by atoms with Crippen LogP contribution in [0.15, 0.2) is 34.0 Å². The third-order valence-corrected chi connectivity index (χ3v) is 9.02. The van der Waals surface area contributed by atoms with E-state index in [-0.39, 0.29) is 28.9 Å². The molecule has 2 saturated heterocycles. The molecule has 4 rings (SSSR count). The first-order valence-corrected chi connectivity index (χ1v) is 15.4. The van der Waals surface area contributed by atoms with Gasteiger partial charge in [-0.2, -0.15) is 5.26 Å². The number of benzene rings is 1. The molecule has 0 radical (unpaired) electrons. The van der Waals surface area contributed by atoms with Crippen LogP contribution in [0.25, 0.3) is 6.08 Å². The Bertz CT molecular complexity index is 1480. The second kappa shape index (κ2) is 14.0. The van der Waals surface area contributed by atoms with Gasteiger partial charge in [0, 0.05) is 25.2 Å². The monoisotopic (exact) mass is 608 g/mol. The van der Waals surface area contributed by atoms with Crippen molar-refractivity contribution < 1.29 is 19.1 Å². The summed E-state index contributed by atoms with van der Waals surface area (Å²) >= 11 is 6.81. The molecule has 2 aliphatic rings. The van der Waals surface area contributed by atoms with Gasteiger partial charge in [0.05, 0.1) is 31.1 Å². The molecule has 9 nitrogen and oxygen atoms in total. The molecule has 0 saturated carbocycles. The molecule has 0 unspecified atom stereocenters. The number of aromatic nitrogens is 1. The summed E-state index contributed by atoms with van der Waals surface area (Å²) < 4.78 is 12.6. The quantitative estimate of drug-likeness (QED) is 0.209. The van der Waals surface area contributed by atoms with E-state index in [2.05, 4.69) is 11.0 Å². The fourth-order valence-electron chi connectivity index (χ4n) is 5.28. The van der Waals surface area contributed by atoms with Crippen molar-refractivity contribution in [2.45, 2.75) is 59.5 Å². The molecule has 1 aromatic carbocycles. The molecule has 1 amide bonds. The molecule has 42 heavy (non-hydrogen) atoms. The summed E-state index contributed by atoms with van der Waals surface area (Å²) in [5.74, 6) is 0.779. The number of unbranched alkanes of at least 4 members (excludes halogenated alkanes) is 1. The Kier molecular flexibility index (Phi) is 10.5. The van der Waals surface area contributed by atoms with Crippen LogP contribution in [0.2, 0.25) is 0 Å². The van der Waals surface area contributed by atoms with Gasteiger partial charge in [0.15, 0.2) is 0 Å². The van der Waals surface area contributed by atoms with E-state index in [1.165, 1.54) is 11.8 Å². The molecule has 0 spiro atoms. The average Bonchev–Trinajstić information content (AvgIpc) is 3.26. The normalized spacial score (nSPS) is 16.7. The number of nitriles is 1. The van der Waals surface area contributed by atoms with Gasteiger partial charge in [-0.1, -0.05) is 49.5 Å². The number of piperidine rings is 1. The molecule has 222 valence electrons. The number of anilines is 1. The maximum absolute atomic E-state index is 13.6. The van der Waals surface area contributed by atoms with Gasteiger partial charge in [0.1, 0.15) is 27.5 Å². The molecule has 2 aromatic rings. The molecular weight excluding hydrogens is 572 g/mol. The van der Waals surface area contributed by atoms with Gasteiger partial charge in [-0.05, 0) is 62.4 Å². The number of rotatable bonds is 10. The van der Waals surface area contributed by atoms with Crippen molar-refractivity contribution in [2.75, 3.05) is 31.7 Å². The van der Waals surface area contributed by atoms with E-state index >= 15 is 0 Å². The Morgan fingerprint density at radius 1 is 1.19 bits per heavy atom. The molecule has 0 N–H and O–H groups in total. The number of nitrogens with zero attached hydrogens (tertiary/aromatic N) is 4. The average molecular weight is 609 g/mol. The summed E-state index contributed by atoms with van der Waals surface area (Å²) in [5, 5.41) is 9.96. The number of amides is 1. The second-order valence-corrected chi connectivity index (χ2v) is 12.0. The lowest BCUT2D eigenvalue weighted by molar-refractivity contribution is -0.148. The van der Waals surface area contributed by atoms with Crippen LogP contribution in [0.5, 0.6) is 5.75 Å². The van der Waals surface area contributed by atoms with E-state index in [0.29, 0.717) is 71.8 Å². The largest absolute Gasteiger partial charge is 0.497 e. The summed E-state index contributed by atoms with van der Waals surface area (Å²) in [6.07, 6.45) is 4.57. The number of carbonyl (C=O) groups is 2. The number of thioether (sulfide) groups is 1. The smallest absolute Gasteiger partial charge is 0.309 e. The van der Waals surface area contributed by atoms with E-state index in [9.17, 15) is 19.6 Å².